The van der Waals surface area contributed by atoms with Gasteiger partial charge in [-0.2, -0.15) is 0 Å². The molecule has 0 aromatic heterocycles. The van der Waals surface area contributed by atoms with Crippen LogP contribution in [0.15, 0.2) is 42.5 Å². The van der Waals surface area contributed by atoms with Crippen LogP contribution in [-0.2, 0) is 17.6 Å². The second-order valence-corrected chi connectivity index (χ2v) is 6.33. The Balaban J connectivity index is 1.61. The Kier molecular flexibility index (Phi) is 5.03. The summed E-state index contributed by atoms with van der Waals surface area (Å²) in [6.45, 7) is 1.71. The first-order chi connectivity index (χ1) is 12.0. The number of primary amides is 1. The van der Waals surface area contributed by atoms with E-state index in [0.29, 0.717) is 17.0 Å². The third-order valence-electron chi connectivity index (χ3n) is 4.44. The summed E-state index contributed by atoms with van der Waals surface area (Å²) in [5, 5.41) is 2.77. The molecule has 2 amide bonds. The van der Waals surface area contributed by atoms with Gasteiger partial charge >= 0.3 is 0 Å². The molecule has 0 heterocycles. The molecule has 2 aromatic rings. The number of nitrogens with one attached hydrogen (secondary N) is 1. The van der Waals surface area contributed by atoms with E-state index in [1.807, 2.05) is 12.1 Å². The van der Waals surface area contributed by atoms with E-state index in [2.05, 4.69) is 11.4 Å². The highest BCUT2D eigenvalue weighted by Crippen LogP contribution is 2.26. The summed E-state index contributed by atoms with van der Waals surface area (Å²) in [6, 6.07) is 12.5. The molecule has 25 heavy (non-hydrogen) atoms. The van der Waals surface area contributed by atoms with Gasteiger partial charge in [-0.25, -0.2) is 0 Å². The standard InChI is InChI=1S/C20H22N2O3/c1-13(20(24)22-17-9-6-15(7-10-17)19(21)23)25-18-11-8-14-4-2-3-5-16(14)12-18/h6-13H,2-5H2,1H3,(H2,21,23)(H,22,24)/t13-/m0/s1. The van der Waals surface area contributed by atoms with E-state index in [1.165, 1.54) is 24.0 Å². The summed E-state index contributed by atoms with van der Waals surface area (Å²) in [6.07, 6.45) is 4.00. The van der Waals surface area contributed by atoms with Crippen LogP contribution in [0.3, 0.4) is 0 Å². The van der Waals surface area contributed by atoms with Crippen LogP contribution >= 0.6 is 0 Å². The van der Waals surface area contributed by atoms with E-state index < -0.39 is 12.0 Å². The molecule has 0 radical (unpaired) electrons. The minimum absolute atomic E-state index is 0.246. The molecule has 0 bridgehead atoms. The molecule has 1 atom stereocenters. The summed E-state index contributed by atoms with van der Waals surface area (Å²) in [4.78, 5) is 23.4. The maximum atomic E-state index is 12.3. The number of rotatable bonds is 5. The number of nitrogens with two attached hydrogens (primary N) is 1. The molecule has 3 rings (SSSR count). The van der Waals surface area contributed by atoms with Gasteiger partial charge in [0.25, 0.3) is 5.91 Å². The van der Waals surface area contributed by atoms with E-state index in [0.717, 1.165) is 12.8 Å². The smallest absolute Gasteiger partial charge is 0.265 e. The van der Waals surface area contributed by atoms with Crippen LogP contribution in [0.25, 0.3) is 0 Å². The Morgan fingerprint density at radius 1 is 1.04 bits per heavy atom. The van der Waals surface area contributed by atoms with Gasteiger partial charge in [0.2, 0.25) is 5.91 Å². The lowest BCUT2D eigenvalue weighted by atomic mass is 9.92. The molecule has 0 unspecified atom stereocenters. The van der Waals surface area contributed by atoms with Crippen molar-refractivity contribution in [2.24, 2.45) is 5.73 Å². The summed E-state index contributed by atoms with van der Waals surface area (Å²) in [5.74, 6) is -0.0288. The molecule has 130 valence electrons. The highest BCUT2D eigenvalue weighted by molar-refractivity contribution is 5.96. The van der Waals surface area contributed by atoms with Crippen LogP contribution < -0.4 is 15.8 Å². The monoisotopic (exact) mass is 338 g/mol. The third kappa shape index (κ3) is 4.18. The molecular weight excluding hydrogens is 316 g/mol. The number of benzene rings is 2. The van der Waals surface area contributed by atoms with Crippen molar-refractivity contribution in [1.29, 1.82) is 0 Å². The van der Waals surface area contributed by atoms with Crippen molar-refractivity contribution in [3.63, 3.8) is 0 Å². The van der Waals surface area contributed by atoms with Gasteiger partial charge in [-0.3, -0.25) is 9.59 Å². The van der Waals surface area contributed by atoms with Gasteiger partial charge in [0.15, 0.2) is 6.10 Å². The fourth-order valence-electron chi connectivity index (χ4n) is 3.00. The van der Waals surface area contributed by atoms with Crippen molar-refractivity contribution in [3.05, 3.63) is 59.2 Å². The Labute approximate surface area is 147 Å². The van der Waals surface area contributed by atoms with Crippen LogP contribution in [0.1, 0.15) is 41.3 Å². The fourth-order valence-corrected chi connectivity index (χ4v) is 3.00. The van der Waals surface area contributed by atoms with Gasteiger partial charge < -0.3 is 15.8 Å². The maximum Gasteiger partial charge on any atom is 0.265 e. The molecule has 1 aliphatic carbocycles. The Hall–Kier alpha value is -2.82. The lowest BCUT2D eigenvalue weighted by molar-refractivity contribution is -0.122. The number of aryl methyl sites for hydroxylation is 2. The summed E-state index contributed by atoms with van der Waals surface area (Å²) in [5.41, 5.74) is 8.89. The topological polar surface area (TPSA) is 81.4 Å². The van der Waals surface area contributed by atoms with Crippen LogP contribution in [0.2, 0.25) is 0 Å². The molecule has 0 spiro atoms. The second-order valence-electron chi connectivity index (χ2n) is 6.33. The number of hydrogen-bond acceptors (Lipinski definition) is 3. The predicted molar refractivity (Wildman–Crippen MR) is 96.8 cm³/mol. The molecule has 5 nitrogen and oxygen atoms in total. The van der Waals surface area contributed by atoms with Crippen molar-refractivity contribution in [1.82, 2.24) is 0 Å². The number of ether oxygens (including phenoxy) is 1. The molecule has 0 fully saturated rings. The zero-order valence-electron chi connectivity index (χ0n) is 14.2. The Bertz CT molecular complexity index is 784. The molecule has 3 N–H and O–H groups in total. The van der Waals surface area contributed by atoms with Crippen molar-refractivity contribution >= 4 is 17.5 Å². The average molecular weight is 338 g/mol. The number of hydrogen-bond donors (Lipinski definition) is 2. The number of amides is 2. The fraction of sp³-hybridized carbons (Fsp3) is 0.300. The molecule has 5 heteroatoms. The van der Waals surface area contributed by atoms with Crippen LogP contribution in [0, 0.1) is 0 Å². The minimum Gasteiger partial charge on any atom is -0.481 e. The van der Waals surface area contributed by atoms with Gasteiger partial charge in [0.05, 0.1) is 0 Å². The zero-order valence-corrected chi connectivity index (χ0v) is 14.2. The lowest BCUT2D eigenvalue weighted by Gasteiger charge is -2.19. The largest absolute Gasteiger partial charge is 0.481 e. The van der Waals surface area contributed by atoms with E-state index >= 15 is 0 Å². The summed E-state index contributed by atoms with van der Waals surface area (Å²) < 4.78 is 5.79. The van der Waals surface area contributed by atoms with Crippen molar-refractivity contribution in [2.45, 2.75) is 38.7 Å². The van der Waals surface area contributed by atoms with E-state index in [4.69, 9.17) is 10.5 Å². The van der Waals surface area contributed by atoms with Crippen LogP contribution in [-0.4, -0.2) is 17.9 Å². The number of carbonyl (C=O) groups excluding carboxylic acids is 2. The molecule has 2 aromatic carbocycles. The molecule has 0 saturated carbocycles. The third-order valence-corrected chi connectivity index (χ3v) is 4.44. The Morgan fingerprint density at radius 3 is 2.40 bits per heavy atom. The Morgan fingerprint density at radius 2 is 1.72 bits per heavy atom. The van der Waals surface area contributed by atoms with Gasteiger partial charge in [-0.05, 0) is 80.1 Å². The number of carbonyl (C=O) groups is 2. The first kappa shape index (κ1) is 17.0. The molecular formula is C20H22N2O3. The zero-order chi connectivity index (χ0) is 17.8. The quantitative estimate of drug-likeness (QED) is 0.879. The highest BCUT2D eigenvalue weighted by Gasteiger charge is 2.16. The maximum absolute atomic E-state index is 12.3. The second kappa shape index (κ2) is 7.38. The van der Waals surface area contributed by atoms with E-state index in [-0.39, 0.29) is 5.91 Å². The summed E-state index contributed by atoms with van der Waals surface area (Å²) in [7, 11) is 0. The number of anilines is 1. The number of fused-ring (bicyclic) bond motifs is 1. The van der Waals surface area contributed by atoms with Crippen LogP contribution in [0.5, 0.6) is 5.75 Å². The van der Waals surface area contributed by atoms with Crippen LogP contribution in [0.4, 0.5) is 5.69 Å². The minimum atomic E-state index is -0.627. The lowest BCUT2D eigenvalue weighted by Crippen LogP contribution is -2.30. The molecule has 1 aliphatic rings. The average Bonchev–Trinajstić information content (AvgIpc) is 2.62. The van der Waals surface area contributed by atoms with Crippen molar-refractivity contribution < 1.29 is 14.3 Å². The normalized spacial score (nSPS) is 14.3. The van der Waals surface area contributed by atoms with Crippen molar-refractivity contribution in [3.8, 4) is 5.75 Å². The first-order valence-corrected chi connectivity index (χ1v) is 8.52. The highest BCUT2D eigenvalue weighted by atomic mass is 16.5. The molecule has 0 aliphatic heterocycles. The van der Waals surface area contributed by atoms with E-state index in [9.17, 15) is 9.59 Å². The summed E-state index contributed by atoms with van der Waals surface area (Å²) >= 11 is 0. The van der Waals surface area contributed by atoms with Gasteiger partial charge in [-0.1, -0.05) is 6.07 Å². The van der Waals surface area contributed by atoms with E-state index in [1.54, 1.807) is 31.2 Å². The van der Waals surface area contributed by atoms with Gasteiger partial charge in [-0.15, -0.1) is 0 Å². The first-order valence-electron chi connectivity index (χ1n) is 8.52. The van der Waals surface area contributed by atoms with Gasteiger partial charge in [0.1, 0.15) is 5.75 Å². The van der Waals surface area contributed by atoms with Crippen molar-refractivity contribution in [2.75, 3.05) is 5.32 Å². The predicted octanol–water partition coefficient (Wildman–Crippen LogP) is 3.07. The van der Waals surface area contributed by atoms with Gasteiger partial charge in [0, 0.05) is 11.3 Å². The molecule has 0 saturated heterocycles. The SMILES string of the molecule is C[C@H](Oc1ccc2c(c1)CCCC2)C(=O)Nc1ccc(C(N)=O)cc1.